The first-order chi connectivity index (χ1) is 15.5. The second kappa shape index (κ2) is 8.18. The molecule has 0 atom stereocenters. The van der Waals surface area contributed by atoms with Gasteiger partial charge in [-0.2, -0.15) is 0 Å². The van der Waals surface area contributed by atoms with Gasteiger partial charge in [-0.25, -0.2) is 0 Å². The second-order valence-corrected chi connectivity index (χ2v) is 7.83. The Balaban J connectivity index is 1.56. The van der Waals surface area contributed by atoms with Gasteiger partial charge in [-0.1, -0.05) is 41.9 Å². The zero-order chi connectivity index (χ0) is 22.2. The summed E-state index contributed by atoms with van der Waals surface area (Å²) < 4.78 is 15.4. The normalized spacial score (nSPS) is 13.9. The van der Waals surface area contributed by atoms with Gasteiger partial charge < -0.3 is 24.1 Å². The summed E-state index contributed by atoms with van der Waals surface area (Å²) in [7, 11) is 1.42. The highest BCUT2D eigenvalue weighted by molar-refractivity contribution is 6.34. The van der Waals surface area contributed by atoms with Gasteiger partial charge in [0, 0.05) is 10.9 Å². The summed E-state index contributed by atoms with van der Waals surface area (Å²) in [5.41, 5.74) is 4.67. The van der Waals surface area contributed by atoms with Crippen molar-refractivity contribution in [1.29, 1.82) is 0 Å². The van der Waals surface area contributed by atoms with Crippen LogP contribution in [-0.4, -0.2) is 41.4 Å². The van der Waals surface area contributed by atoms with Crippen molar-refractivity contribution >= 4 is 33.9 Å². The third-order valence-corrected chi connectivity index (χ3v) is 5.86. The van der Waals surface area contributed by atoms with E-state index in [4.69, 9.17) is 25.6 Å². The maximum absolute atomic E-state index is 13.0. The average Bonchev–Trinajstić information content (AvgIpc) is 3.42. The predicted molar refractivity (Wildman–Crippen MR) is 120 cm³/mol. The van der Waals surface area contributed by atoms with Crippen molar-refractivity contribution in [2.45, 2.75) is 6.42 Å². The third-order valence-electron chi connectivity index (χ3n) is 5.54. The van der Waals surface area contributed by atoms with Gasteiger partial charge >= 0.3 is 0 Å². The Kier molecular flexibility index (Phi) is 5.20. The molecule has 0 amide bonds. The number of ether oxygens (including phenoxy) is 2. The fourth-order valence-corrected chi connectivity index (χ4v) is 4.16. The molecule has 0 bridgehead atoms. The number of halogens is 1. The summed E-state index contributed by atoms with van der Waals surface area (Å²) in [4.78, 5) is 15.8. The van der Waals surface area contributed by atoms with Crippen molar-refractivity contribution in [3.05, 3.63) is 70.5 Å². The van der Waals surface area contributed by atoms with Crippen molar-refractivity contribution < 1.29 is 23.9 Å². The molecule has 2 N–H and O–H groups in total. The van der Waals surface area contributed by atoms with E-state index in [1.54, 1.807) is 12.1 Å². The Bertz CT molecular complexity index is 1350. The molecule has 1 aliphatic rings. The lowest BCUT2D eigenvalue weighted by atomic mass is 9.96. The smallest absolute Gasteiger partial charge is 0.254 e. The number of aromatic hydroxyl groups is 1. The average molecular weight is 451 g/mol. The molecule has 1 aliphatic heterocycles. The van der Waals surface area contributed by atoms with E-state index in [0.717, 1.165) is 29.7 Å². The molecule has 7 nitrogen and oxygen atoms in total. The summed E-state index contributed by atoms with van der Waals surface area (Å²) in [6, 6.07) is 12.9. The van der Waals surface area contributed by atoms with Crippen LogP contribution in [0.5, 0.6) is 11.8 Å². The molecular formula is C24H19ClN2O5. The van der Waals surface area contributed by atoms with E-state index < -0.39 is 5.78 Å². The number of aromatic nitrogens is 2. The molecule has 32 heavy (non-hydrogen) atoms. The topological polar surface area (TPSA) is 97.6 Å². The number of carbonyl (C=O) groups is 1. The number of hydrogen-bond donors (Lipinski definition) is 2. The molecule has 4 aromatic rings. The first-order valence-corrected chi connectivity index (χ1v) is 10.4. The van der Waals surface area contributed by atoms with Crippen molar-refractivity contribution in [3.63, 3.8) is 0 Å². The minimum Gasteiger partial charge on any atom is -0.494 e. The van der Waals surface area contributed by atoms with E-state index in [9.17, 15) is 9.90 Å². The van der Waals surface area contributed by atoms with Crippen LogP contribution in [0.15, 0.2) is 53.1 Å². The molecule has 0 spiro atoms. The standard InChI is InChI=1S/C24H19ClN2O5/c1-30-21-12-20(32-27-21)23(28)22-17-10-16(18(25)11-19(17)26-24(22)29)15-4-2-13(3-5-15)14-6-8-31-9-7-14/h2-6,10-12,26,29H,7-9H2,1H3. The van der Waals surface area contributed by atoms with Gasteiger partial charge in [0.05, 0.1) is 42.5 Å². The van der Waals surface area contributed by atoms with E-state index in [2.05, 4.69) is 28.3 Å². The lowest BCUT2D eigenvalue weighted by Crippen LogP contribution is -2.03. The van der Waals surface area contributed by atoms with Crippen molar-refractivity contribution in [2.75, 3.05) is 20.3 Å². The number of benzene rings is 2. The van der Waals surface area contributed by atoms with Gasteiger partial charge in [-0.3, -0.25) is 4.79 Å². The largest absolute Gasteiger partial charge is 0.494 e. The fourth-order valence-electron chi connectivity index (χ4n) is 3.89. The van der Waals surface area contributed by atoms with Crippen LogP contribution >= 0.6 is 11.6 Å². The Morgan fingerprint density at radius 2 is 1.97 bits per heavy atom. The maximum Gasteiger partial charge on any atom is 0.254 e. The highest BCUT2D eigenvalue weighted by atomic mass is 35.5. The molecular weight excluding hydrogens is 432 g/mol. The molecule has 0 fully saturated rings. The monoisotopic (exact) mass is 450 g/mol. The lowest BCUT2D eigenvalue weighted by molar-refractivity contribution is 0.0999. The number of methoxy groups -OCH3 is 1. The van der Waals surface area contributed by atoms with Crippen LogP contribution < -0.4 is 4.74 Å². The van der Waals surface area contributed by atoms with E-state index >= 15 is 0 Å². The zero-order valence-corrected chi connectivity index (χ0v) is 17.9. The molecule has 0 aliphatic carbocycles. The lowest BCUT2D eigenvalue weighted by Gasteiger charge is -2.14. The molecule has 0 unspecified atom stereocenters. The quantitative estimate of drug-likeness (QED) is 0.404. The summed E-state index contributed by atoms with van der Waals surface area (Å²) in [6.07, 6.45) is 2.98. The number of ketones is 1. The third kappa shape index (κ3) is 3.55. The van der Waals surface area contributed by atoms with Gasteiger partial charge in [0.2, 0.25) is 17.4 Å². The molecule has 0 radical (unpaired) electrons. The SMILES string of the molecule is COc1cc(C(=O)c2c(O)[nH]c3cc(Cl)c(-c4ccc(C5=CCOCC5)cc4)cc23)on1. The van der Waals surface area contributed by atoms with Gasteiger partial charge in [0.15, 0.2) is 0 Å². The predicted octanol–water partition coefficient (Wildman–Crippen LogP) is 5.23. The van der Waals surface area contributed by atoms with Gasteiger partial charge in [0.25, 0.3) is 5.88 Å². The Morgan fingerprint density at radius 3 is 2.66 bits per heavy atom. The molecule has 0 saturated heterocycles. The minimum absolute atomic E-state index is 0.0383. The van der Waals surface area contributed by atoms with Gasteiger partial charge in [0.1, 0.15) is 0 Å². The highest BCUT2D eigenvalue weighted by Gasteiger charge is 2.25. The van der Waals surface area contributed by atoms with Crippen molar-refractivity contribution in [1.82, 2.24) is 10.1 Å². The summed E-state index contributed by atoms with van der Waals surface area (Å²) in [5, 5.41) is 15.1. The van der Waals surface area contributed by atoms with Gasteiger partial charge in [-0.05, 0) is 40.4 Å². The molecule has 162 valence electrons. The van der Waals surface area contributed by atoms with Crippen LogP contribution in [0.25, 0.3) is 27.6 Å². The zero-order valence-electron chi connectivity index (χ0n) is 17.1. The van der Waals surface area contributed by atoms with Crippen LogP contribution in [-0.2, 0) is 4.74 Å². The summed E-state index contributed by atoms with van der Waals surface area (Å²) in [6.45, 7) is 1.35. The van der Waals surface area contributed by atoms with E-state index in [1.807, 2.05) is 12.1 Å². The number of nitrogens with one attached hydrogen (secondary N) is 1. The van der Waals surface area contributed by atoms with Gasteiger partial charge in [-0.15, -0.1) is 0 Å². The first-order valence-electron chi connectivity index (χ1n) is 10.0. The number of nitrogens with zero attached hydrogens (tertiary/aromatic N) is 1. The summed E-state index contributed by atoms with van der Waals surface area (Å²) in [5.74, 6) is -0.644. The molecule has 0 saturated carbocycles. The number of rotatable bonds is 5. The van der Waals surface area contributed by atoms with Crippen molar-refractivity contribution in [3.8, 4) is 22.9 Å². The van der Waals surface area contributed by atoms with Crippen LogP contribution in [0.4, 0.5) is 0 Å². The minimum atomic E-state index is -0.514. The van der Waals surface area contributed by atoms with E-state index in [-0.39, 0.29) is 23.1 Å². The molecule has 2 aromatic heterocycles. The van der Waals surface area contributed by atoms with Crippen LogP contribution in [0.2, 0.25) is 5.02 Å². The maximum atomic E-state index is 13.0. The number of hydrogen-bond acceptors (Lipinski definition) is 6. The molecule has 2 aromatic carbocycles. The van der Waals surface area contributed by atoms with E-state index in [1.165, 1.54) is 18.7 Å². The van der Waals surface area contributed by atoms with Crippen LogP contribution in [0.3, 0.4) is 0 Å². The van der Waals surface area contributed by atoms with Crippen molar-refractivity contribution in [2.24, 2.45) is 0 Å². The molecule has 8 heteroatoms. The Morgan fingerprint density at radius 1 is 1.19 bits per heavy atom. The highest BCUT2D eigenvalue weighted by Crippen LogP contribution is 2.38. The molecule has 3 heterocycles. The second-order valence-electron chi connectivity index (χ2n) is 7.42. The molecule has 5 rings (SSSR count). The number of carbonyl (C=O) groups excluding carboxylic acids is 1. The van der Waals surface area contributed by atoms with E-state index in [0.29, 0.717) is 22.5 Å². The first kappa shape index (κ1) is 20.4. The Labute approximate surface area is 188 Å². The summed E-state index contributed by atoms with van der Waals surface area (Å²) >= 11 is 6.55. The van der Waals surface area contributed by atoms with Crippen LogP contribution in [0, 0.1) is 0 Å². The number of H-pyrrole nitrogens is 1. The fraction of sp³-hybridized carbons (Fsp3) is 0.167. The number of aromatic amines is 1. The number of fused-ring (bicyclic) bond motifs is 1. The Hall–Kier alpha value is -3.55. The van der Waals surface area contributed by atoms with Crippen LogP contribution in [0.1, 0.15) is 28.1 Å².